The van der Waals surface area contributed by atoms with Gasteiger partial charge in [0.15, 0.2) is 5.16 Å². The zero-order valence-electron chi connectivity index (χ0n) is 18.8. The van der Waals surface area contributed by atoms with Gasteiger partial charge in [0.2, 0.25) is 5.91 Å². The highest BCUT2D eigenvalue weighted by molar-refractivity contribution is 7.99. The summed E-state index contributed by atoms with van der Waals surface area (Å²) in [5, 5.41) is 3.96. The first-order chi connectivity index (χ1) is 15.6. The largest absolute Gasteiger partial charge is 0.349 e. The lowest BCUT2D eigenvalue weighted by atomic mass is 9.98. The molecule has 0 aliphatic rings. The third-order valence-electron chi connectivity index (χ3n) is 5.36. The Bertz CT molecular complexity index is 1050. The van der Waals surface area contributed by atoms with Gasteiger partial charge in [0.05, 0.1) is 6.04 Å². The van der Waals surface area contributed by atoms with Gasteiger partial charge in [0, 0.05) is 31.0 Å². The van der Waals surface area contributed by atoms with Crippen molar-refractivity contribution >= 4 is 17.7 Å². The summed E-state index contributed by atoms with van der Waals surface area (Å²) in [4.78, 5) is 29.2. The quantitative estimate of drug-likeness (QED) is 0.262. The van der Waals surface area contributed by atoms with Crippen molar-refractivity contribution in [3.63, 3.8) is 0 Å². The molecule has 1 N–H and O–H groups in total. The molecule has 0 fully saturated rings. The normalized spacial score (nSPS) is 11.8. The average Bonchev–Trinajstić information content (AvgIpc) is 2.82. The highest BCUT2D eigenvalue weighted by Crippen LogP contribution is 2.20. The Morgan fingerprint density at radius 2 is 1.75 bits per heavy atom. The fraction of sp³-hybridized carbons (Fsp3) is 0.346. The van der Waals surface area contributed by atoms with Crippen LogP contribution in [0.5, 0.6) is 0 Å². The molecule has 168 valence electrons. The minimum Gasteiger partial charge on any atom is -0.349 e. The first-order valence-corrected chi connectivity index (χ1v) is 12.1. The molecular formula is C26H31N3O2S. The first kappa shape index (κ1) is 23.8. The van der Waals surface area contributed by atoms with Crippen LogP contribution in [0.1, 0.15) is 49.0 Å². The van der Waals surface area contributed by atoms with Crippen LogP contribution in [0.25, 0.3) is 0 Å². The maximum Gasteiger partial charge on any atom is 0.254 e. The van der Waals surface area contributed by atoms with E-state index in [0.717, 1.165) is 47.8 Å². The van der Waals surface area contributed by atoms with Gasteiger partial charge in [-0.1, -0.05) is 79.3 Å². The van der Waals surface area contributed by atoms with Crippen LogP contribution >= 0.6 is 11.8 Å². The lowest BCUT2D eigenvalue weighted by Gasteiger charge is -2.19. The van der Waals surface area contributed by atoms with Crippen LogP contribution in [-0.4, -0.2) is 21.2 Å². The summed E-state index contributed by atoms with van der Waals surface area (Å²) in [5.41, 5.74) is 3.11. The smallest absolute Gasteiger partial charge is 0.254 e. The average molecular weight is 450 g/mol. The third-order valence-corrected chi connectivity index (χ3v) is 6.47. The molecule has 0 bridgehead atoms. The fourth-order valence-corrected chi connectivity index (χ4v) is 4.48. The maximum absolute atomic E-state index is 12.7. The van der Waals surface area contributed by atoms with Crippen LogP contribution in [0.2, 0.25) is 0 Å². The van der Waals surface area contributed by atoms with Crippen LogP contribution in [0.15, 0.2) is 76.7 Å². The SMILES string of the molecule is CCc1cc(=O)n(C)c(SCCCCC(=O)NC(Cc2ccccc2)c2ccccc2)n1. The highest BCUT2D eigenvalue weighted by Gasteiger charge is 2.15. The monoisotopic (exact) mass is 449 g/mol. The molecule has 0 spiro atoms. The number of hydrogen-bond donors (Lipinski definition) is 1. The molecule has 0 aliphatic heterocycles. The van der Waals surface area contributed by atoms with Gasteiger partial charge in [-0.3, -0.25) is 14.2 Å². The van der Waals surface area contributed by atoms with E-state index in [1.165, 1.54) is 5.56 Å². The lowest BCUT2D eigenvalue weighted by molar-refractivity contribution is -0.121. The molecule has 1 heterocycles. The molecule has 3 aromatic rings. The van der Waals surface area contributed by atoms with E-state index in [1.54, 1.807) is 29.4 Å². The molecule has 2 aromatic carbocycles. The van der Waals surface area contributed by atoms with Crippen molar-refractivity contribution in [1.29, 1.82) is 0 Å². The number of benzene rings is 2. The summed E-state index contributed by atoms with van der Waals surface area (Å²) < 4.78 is 1.59. The van der Waals surface area contributed by atoms with Gasteiger partial charge in [-0.25, -0.2) is 4.98 Å². The molecule has 1 aromatic heterocycles. The summed E-state index contributed by atoms with van der Waals surface area (Å²) in [6, 6.07) is 21.9. The molecule has 0 saturated heterocycles. The standard InChI is InChI=1S/C26H31N3O2S/c1-3-22-19-25(31)29(2)26(27-22)32-17-11-10-16-24(30)28-23(21-14-8-5-9-15-21)18-20-12-6-4-7-13-20/h4-9,12-15,19,23H,3,10-11,16-18H2,1-2H3,(H,28,30). The second kappa shape index (κ2) is 12.2. The van der Waals surface area contributed by atoms with E-state index in [-0.39, 0.29) is 17.5 Å². The topological polar surface area (TPSA) is 64.0 Å². The molecule has 3 rings (SSSR count). The summed E-state index contributed by atoms with van der Waals surface area (Å²) in [7, 11) is 1.75. The van der Waals surface area contributed by atoms with Gasteiger partial charge < -0.3 is 5.32 Å². The van der Waals surface area contributed by atoms with Crippen LogP contribution in [0, 0.1) is 0 Å². The Hall–Kier alpha value is -2.86. The Morgan fingerprint density at radius 3 is 2.44 bits per heavy atom. The van der Waals surface area contributed by atoms with E-state index in [4.69, 9.17) is 0 Å². The van der Waals surface area contributed by atoms with E-state index in [9.17, 15) is 9.59 Å². The summed E-state index contributed by atoms with van der Waals surface area (Å²) in [5.74, 6) is 0.894. The molecule has 0 radical (unpaired) electrons. The van der Waals surface area contributed by atoms with Crippen molar-refractivity contribution in [1.82, 2.24) is 14.9 Å². The Balaban J connectivity index is 1.49. The van der Waals surface area contributed by atoms with Crippen molar-refractivity contribution in [3.8, 4) is 0 Å². The Morgan fingerprint density at radius 1 is 1.06 bits per heavy atom. The van der Waals surface area contributed by atoms with Gasteiger partial charge >= 0.3 is 0 Å². The summed E-state index contributed by atoms with van der Waals surface area (Å²) in [6.07, 6.45) is 3.68. The van der Waals surface area contributed by atoms with E-state index in [1.807, 2.05) is 43.3 Å². The van der Waals surface area contributed by atoms with E-state index < -0.39 is 0 Å². The van der Waals surface area contributed by atoms with Crippen LogP contribution in [0.4, 0.5) is 0 Å². The van der Waals surface area contributed by atoms with Gasteiger partial charge in [-0.05, 0) is 36.8 Å². The molecule has 5 nitrogen and oxygen atoms in total. The fourth-order valence-electron chi connectivity index (χ4n) is 3.48. The van der Waals surface area contributed by atoms with Crippen molar-refractivity contribution < 1.29 is 4.79 Å². The molecule has 1 atom stereocenters. The first-order valence-electron chi connectivity index (χ1n) is 11.1. The minimum absolute atomic E-state index is 0.0240. The Labute approximate surface area is 194 Å². The second-order valence-electron chi connectivity index (χ2n) is 7.81. The summed E-state index contributed by atoms with van der Waals surface area (Å²) >= 11 is 1.58. The molecule has 6 heteroatoms. The number of thioether (sulfide) groups is 1. The number of hydrogen-bond acceptors (Lipinski definition) is 4. The van der Waals surface area contributed by atoms with E-state index in [2.05, 4.69) is 34.6 Å². The molecule has 0 saturated carbocycles. The number of aryl methyl sites for hydroxylation is 1. The van der Waals surface area contributed by atoms with E-state index >= 15 is 0 Å². The summed E-state index contributed by atoms with van der Waals surface area (Å²) in [6.45, 7) is 2.00. The molecule has 0 aliphatic carbocycles. The number of carbonyl (C=O) groups is 1. The van der Waals surface area contributed by atoms with E-state index in [0.29, 0.717) is 6.42 Å². The van der Waals surface area contributed by atoms with Gasteiger partial charge in [0.25, 0.3) is 5.56 Å². The predicted octanol–water partition coefficient (Wildman–Crippen LogP) is 4.71. The second-order valence-corrected chi connectivity index (χ2v) is 8.87. The number of unbranched alkanes of at least 4 members (excludes halogenated alkanes) is 1. The van der Waals surface area contributed by atoms with Crippen molar-refractivity contribution in [2.24, 2.45) is 7.05 Å². The van der Waals surface area contributed by atoms with Gasteiger partial charge in [-0.2, -0.15) is 0 Å². The molecular weight excluding hydrogens is 418 g/mol. The molecule has 32 heavy (non-hydrogen) atoms. The number of nitrogens with one attached hydrogen (secondary N) is 1. The molecule has 1 amide bonds. The number of amides is 1. The Kier molecular flexibility index (Phi) is 9.11. The number of nitrogens with zero attached hydrogens (tertiary/aromatic N) is 2. The van der Waals surface area contributed by atoms with Gasteiger partial charge in [0.1, 0.15) is 0 Å². The number of aromatic nitrogens is 2. The number of carbonyl (C=O) groups excluding carboxylic acids is 1. The van der Waals surface area contributed by atoms with Crippen molar-refractivity contribution in [3.05, 3.63) is 93.9 Å². The lowest BCUT2D eigenvalue weighted by Crippen LogP contribution is -2.29. The maximum atomic E-state index is 12.7. The third kappa shape index (κ3) is 7.09. The molecule has 1 unspecified atom stereocenters. The van der Waals surface area contributed by atoms with Crippen LogP contribution < -0.4 is 10.9 Å². The number of rotatable bonds is 11. The highest BCUT2D eigenvalue weighted by atomic mass is 32.2. The van der Waals surface area contributed by atoms with Crippen molar-refractivity contribution in [2.45, 2.75) is 50.2 Å². The van der Waals surface area contributed by atoms with Crippen LogP contribution in [0.3, 0.4) is 0 Å². The predicted molar refractivity (Wildman–Crippen MR) is 131 cm³/mol. The minimum atomic E-state index is -0.0454. The zero-order chi connectivity index (χ0) is 22.8. The van der Waals surface area contributed by atoms with Crippen LogP contribution in [-0.2, 0) is 24.7 Å². The van der Waals surface area contributed by atoms with Gasteiger partial charge in [-0.15, -0.1) is 0 Å². The van der Waals surface area contributed by atoms with Crippen molar-refractivity contribution in [2.75, 3.05) is 5.75 Å². The zero-order valence-corrected chi connectivity index (χ0v) is 19.6.